The first-order valence-electron chi connectivity index (χ1n) is 10.4. The van der Waals surface area contributed by atoms with E-state index in [2.05, 4.69) is 41.5 Å². The van der Waals surface area contributed by atoms with Crippen LogP contribution in [0.3, 0.4) is 0 Å². The zero-order valence-corrected chi connectivity index (χ0v) is 18.0. The topological polar surface area (TPSA) is 110 Å². The predicted octanol–water partition coefficient (Wildman–Crippen LogP) is 3.08. The van der Waals surface area contributed by atoms with Gasteiger partial charge in [-0.15, -0.1) is 0 Å². The van der Waals surface area contributed by atoms with E-state index < -0.39 is 0 Å². The Morgan fingerprint density at radius 2 is 1.69 bits per heavy atom. The Morgan fingerprint density at radius 3 is 2.38 bits per heavy atom. The van der Waals surface area contributed by atoms with E-state index in [0.717, 1.165) is 48.8 Å². The van der Waals surface area contributed by atoms with Crippen molar-refractivity contribution < 1.29 is 4.79 Å². The molecule has 1 aliphatic heterocycles. The summed E-state index contributed by atoms with van der Waals surface area (Å²) in [6, 6.07) is 15.4. The van der Waals surface area contributed by atoms with Gasteiger partial charge in [-0.1, -0.05) is 6.07 Å². The van der Waals surface area contributed by atoms with Gasteiger partial charge in [-0.25, -0.2) is 9.97 Å². The van der Waals surface area contributed by atoms with Gasteiger partial charge in [-0.2, -0.15) is 10.2 Å². The van der Waals surface area contributed by atoms with Crippen molar-refractivity contribution in [2.24, 2.45) is 0 Å². The van der Waals surface area contributed by atoms with Crippen LogP contribution in [0.1, 0.15) is 18.1 Å². The van der Waals surface area contributed by atoms with Crippen LogP contribution >= 0.6 is 0 Å². The molecule has 0 aliphatic carbocycles. The van der Waals surface area contributed by atoms with E-state index in [-0.39, 0.29) is 5.91 Å². The second kappa shape index (κ2) is 9.31. The Bertz CT molecular complexity index is 1150. The van der Waals surface area contributed by atoms with Gasteiger partial charge in [-0.05, 0) is 48.9 Å². The van der Waals surface area contributed by atoms with Crippen molar-refractivity contribution in [1.29, 1.82) is 5.26 Å². The van der Waals surface area contributed by atoms with Gasteiger partial charge >= 0.3 is 0 Å². The summed E-state index contributed by atoms with van der Waals surface area (Å²) in [7, 11) is 0. The van der Waals surface area contributed by atoms with Crippen molar-refractivity contribution in [2.45, 2.75) is 13.8 Å². The number of aromatic nitrogens is 3. The van der Waals surface area contributed by atoms with Gasteiger partial charge in [0.1, 0.15) is 6.33 Å². The average molecular weight is 429 g/mol. The molecule has 0 radical (unpaired) electrons. The largest absolute Gasteiger partial charge is 0.368 e. The highest BCUT2D eigenvalue weighted by atomic mass is 16.1. The summed E-state index contributed by atoms with van der Waals surface area (Å²) in [5.41, 5.74) is 4.24. The molecule has 2 heterocycles. The quantitative estimate of drug-likeness (QED) is 0.638. The standard InChI is InChI=1S/C23H24N8O/c1-16-20(27-17(2)32)4-3-5-21(16)28-22-25-15-26-23(29-22)31-12-10-30(11-13-31)19-8-6-18(14-24)7-9-19/h3-9,15H,10-13H2,1-2H3,(H,27,32)(H,25,26,28,29). The lowest BCUT2D eigenvalue weighted by Gasteiger charge is -2.36. The van der Waals surface area contributed by atoms with Crippen LogP contribution in [0.2, 0.25) is 0 Å². The first kappa shape index (κ1) is 21.1. The smallest absolute Gasteiger partial charge is 0.232 e. The van der Waals surface area contributed by atoms with Gasteiger partial charge in [0.25, 0.3) is 0 Å². The molecule has 2 N–H and O–H groups in total. The van der Waals surface area contributed by atoms with Crippen LogP contribution in [0.25, 0.3) is 0 Å². The number of nitriles is 1. The normalized spacial score (nSPS) is 13.4. The van der Waals surface area contributed by atoms with Crippen LogP contribution in [-0.2, 0) is 4.79 Å². The summed E-state index contributed by atoms with van der Waals surface area (Å²) in [4.78, 5) is 29.0. The minimum Gasteiger partial charge on any atom is -0.368 e. The van der Waals surface area contributed by atoms with Crippen molar-refractivity contribution in [1.82, 2.24) is 15.0 Å². The third kappa shape index (κ3) is 4.75. The number of hydrogen-bond acceptors (Lipinski definition) is 8. The van der Waals surface area contributed by atoms with Crippen LogP contribution in [0.4, 0.5) is 29.0 Å². The number of rotatable bonds is 5. The van der Waals surface area contributed by atoms with Crippen LogP contribution in [-0.4, -0.2) is 47.0 Å². The third-order valence-corrected chi connectivity index (χ3v) is 5.37. The van der Waals surface area contributed by atoms with Gasteiger partial charge in [0, 0.05) is 50.2 Å². The van der Waals surface area contributed by atoms with Gasteiger partial charge in [0.2, 0.25) is 17.8 Å². The second-order valence-corrected chi connectivity index (χ2v) is 7.53. The maximum absolute atomic E-state index is 11.4. The molecule has 0 spiro atoms. The molecular formula is C23H24N8O. The SMILES string of the molecule is CC(=O)Nc1cccc(Nc2ncnc(N3CCN(c4ccc(C#N)cc4)CC3)n2)c1C. The molecule has 4 rings (SSSR count). The highest BCUT2D eigenvalue weighted by molar-refractivity contribution is 5.90. The van der Waals surface area contributed by atoms with Crippen LogP contribution in [0.5, 0.6) is 0 Å². The van der Waals surface area contributed by atoms with E-state index in [1.807, 2.05) is 49.4 Å². The molecule has 1 fully saturated rings. The molecule has 1 amide bonds. The second-order valence-electron chi connectivity index (χ2n) is 7.53. The molecule has 9 nitrogen and oxygen atoms in total. The molecule has 9 heteroatoms. The predicted molar refractivity (Wildman–Crippen MR) is 124 cm³/mol. The lowest BCUT2D eigenvalue weighted by atomic mass is 10.1. The van der Waals surface area contributed by atoms with E-state index in [1.54, 1.807) is 0 Å². The molecule has 2 aromatic carbocycles. The van der Waals surface area contributed by atoms with Gasteiger partial charge in [-0.3, -0.25) is 4.79 Å². The van der Waals surface area contributed by atoms with E-state index in [1.165, 1.54) is 13.3 Å². The van der Waals surface area contributed by atoms with E-state index in [9.17, 15) is 4.79 Å². The first-order valence-corrected chi connectivity index (χ1v) is 10.4. The van der Waals surface area contributed by atoms with Crippen LogP contribution in [0, 0.1) is 18.3 Å². The van der Waals surface area contributed by atoms with E-state index in [4.69, 9.17) is 5.26 Å². The highest BCUT2D eigenvalue weighted by Gasteiger charge is 2.20. The number of carbonyl (C=O) groups is 1. The summed E-state index contributed by atoms with van der Waals surface area (Å²) in [5, 5.41) is 15.0. The fourth-order valence-corrected chi connectivity index (χ4v) is 3.63. The molecule has 1 aromatic heterocycles. The third-order valence-electron chi connectivity index (χ3n) is 5.37. The molecule has 1 saturated heterocycles. The van der Waals surface area contributed by atoms with Gasteiger partial charge < -0.3 is 20.4 Å². The zero-order chi connectivity index (χ0) is 22.5. The Balaban J connectivity index is 1.43. The number of hydrogen-bond donors (Lipinski definition) is 2. The molecule has 0 unspecified atom stereocenters. The molecular weight excluding hydrogens is 404 g/mol. The highest BCUT2D eigenvalue weighted by Crippen LogP contribution is 2.26. The number of nitrogens with zero attached hydrogens (tertiary/aromatic N) is 6. The number of nitrogens with one attached hydrogen (secondary N) is 2. The number of benzene rings is 2. The molecule has 0 atom stereocenters. The molecule has 162 valence electrons. The lowest BCUT2D eigenvalue weighted by molar-refractivity contribution is -0.114. The number of amides is 1. The Kier molecular flexibility index (Phi) is 6.12. The van der Waals surface area contributed by atoms with Crippen molar-refractivity contribution in [3.05, 3.63) is 59.9 Å². The van der Waals surface area contributed by atoms with Crippen LogP contribution in [0.15, 0.2) is 48.8 Å². The number of anilines is 5. The van der Waals surface area contributed by atoms with Crippen molar-refractivity contribution in [3.63, 3.8) is 0 Å². The molecule has 0 saturated carbocycles. The summed E-state index contributed by atoms with van der Waals surface area (Å²) < 4.78 is 0. The first-order chi connectivity index (χ1) is 15.5. The van der Waals surface area contributed by atoms with Gasteiger partial charge in [0.15, 0.2) is 0 Å². The van der Waals surface area contributed by atoms with E-state index >= 15 is 0 Å². The Hall–Kier alpha value is -4.19. The van der Waals surface area contributed by atoms with Gasteiger partial charge in [0.05, 0.1) is 11.6 Å². The molecule has 32 heavy (non-hydrogen) atoms. The fourth-order valence-electron chi connectivity index (χ4n) is 3.63. The van der Waals surface area contributed by atoms with Crippen molar-refractivity contribution in [2.75, 3.05) is 46.6 Å². The number of carbonyl (C=O) groups excluding carboxylic acids is 1. The fraction of sp³-hybridized carbons (Fsp3) is 0.261. The maximum atomic E-state index is 11.4. The van der Waals surface area contributed by atoms with E-state index in [0.29, 0.717) is 17.5 Å². The summed E-state index contributed by atoms with van der Waals surface area (Å²) in [5.74, 6) is 0.957. The molecule has 0 bridgehead atoms. The number of piperazine rings is 1. The van der Waals surface area contributed by atoms with Crippen LogP contribution < -0.4 is 20.4 Å². The minimum absolute atomic E-state index is 0.118. The Morgan fingerprint density at radius 1 is 1.00 bits per heavy atom. The average Bonchev–Trinajstić information content (AvgIpc) is 2.82. The molecule has 3 aromatic rings. The van der Waals surface area contributed by atoms with Crippen molar-refractivity contribution >= 4 is 34.9 Å². The minimum atomic E-state index is -0.118. The lowest BCUT2D eigenvalue weighted by Crippen LogP contribution is -2.47. The van der Waals surface area contributed by atoms with Crippen molar-refractivity contribution in [3.8, 4) is 6.07 Å². The summed E-state index contributed by atoms with van der Waals surface area (Å²) in [6.07, 6.45) is 1.50. The Labute approximate surface area is 186 Å². The summed E-state index contributed by atoms with van der Waals surface area (Å²) >= 11 is 0. The zero-order valence-electron chi connectivity index (χ0n) is 18.0. The molecule has 1 aliphatic rings. The maximum Gasteiger partial charge on any atom is 0.232 e. The summed E-state index contributed by atoms with van der Waals surface area (Å²) in [6.45, 7) is 6.63. The monoisotopic (exact) mass is 428 g/mol.